The van der Waals surface area contributed by atoms with Crippen molar-refractivity contribution >= 4 is 28.5 Å². The number of hydrogen-bond acceptors (Lipinski definition) is 5. The zero-order valence-electron chi connectivity index (χ0n) is 19.8. The van der Waals surface area contributed by atoms with Gasteiger partial charge in [-0.25, -0.2) is 9.67 Å². The Bertz CT molecular complexity index is 1590. The van der Waals surface area contributed by atoms with E-state index >= 15 is 0 Å². The maximum Gasteiger partial charge on any atom is 0.267 e. The molecule has 4 bridgehead atoms. The molecule has 0 fully saturated rings. The summed E-state index contributed by atoms with van der Waals surface area (Å²) < 4.78 is 9.37. The van der Waals surface area contributed by atoms with Gasteiger partial charge in [0.25, 0.3) is 11.5 Å². The molecule has 2 aromatic carbocycles. The molecule has 4 aromatic rings. The van der Waals surface area contributed by atoms with Crippen molar-refractivity contribution in [2.75, 3.05) is 11.9 Å². The Morgan fingerprint density at radius 2 is 1.94 bits per heavy atom. The van der Waals surface area contributed by atoms with Crippen molar-refractivity contribution in [3.63, 3.8) is 0 Å². The van der Waals surface area contributed by atoms with E-state index in [9.17, 15) is 9.59 Å². The third-order valence-corrected chi connectivity index (χ3v) is 5.95. The van der Waals surface area contributed by atoms with Crippen LogP contribution in [0.15, 0.2) is 96.0 Å². The Morgan fingerprint density at radius 1 is 1.08 bits per heavy atom. The van der Waals surface area contributed by atoms with E-state index in [-0.39, 0.29) is 18.0 Å². The fourth-order valence-corrected chi connectivity index (χ4v) is 4.12. The molecular weight excluding hydrogens is 454 g/mol. The number of fused-ring (bicyclic) bond motifs is 7. The number of aromatic nitrogens is 4. The molecule has 36 heavy (non-hydrogen) atoms. The Kier molecular flexibility index (Phi) is 6.32. The lowest BCUT2D eigenvalue weighted by Crippen LogP contribution is -2.23. The monoisotopic (exact) mass is 479 g/mol. The maximum atomic E-state index is 13.2. The van der Waals surface area contributed by atoms with Gasteiger partial charge in [0.05, 0.1) is 29.8 Å². The van der Waals surface area contributed by atoms with E-state index in [4.69, 9.17) is 4.74 Å². The quantitative estimate of drug-likeness (QED) is 0.437. The van der Waals surface area contributed by atoms with E-state index in [0.717, 1.165) is 22.2 Å². The average Bonchev–Trinajstić information content (AvgIpc) is 3.24. The standard InChI is InChI=1S/C28H25N5O3/c1-3-20-17-22(4-2)36-15-14-32-25-11-6-5-10-24(25)29-28(32)30-27(35)21-9-7-8-19(16-21)18-33-26(34)13-12-23(20)31-33/h3-13,16-17H,1,14-15,18H2,2H3,(H,29,30,35). The Balaban J connectivity index is 1.63. The van der Waals surface area contributed by atoms with Crippen LogP contribution in [0.2, 0.25) is 0 Å². The van der Waals surface area contributed by atoms with Gasteiger partial charge in [-0.15, -0.1) is 0 Å². The zero-order valence-corrected chi connectivity index (χ0v) is 19.8. The summed E-state index contributed by atoms with van der Waals surface area (Å²) in [4.78, 5) is 30.4. The largest absolute Gasteiger partial charge is 0.492 e. The molecule has 180 valence electrons. The number of anilines is 1. The summed E-state index contributed by atoms with van der Waals surface area (Å²) in [5.41, 5.74) is 3.97. The Hall–Kier alpha value is -4.72. The number of nitrogens with zero attached hydrogens (tertiary/aromatic N) is 4. The van der Waals surface area contributed by atoms with Crippen molar-refractivity contribution < 1.29 is 9.53 Å². The second kappa shape index (κ2) is 9.87. The van der Waals surface area contributed by atoms with Crippen molar-refractivity contribution in [3.8, 4) is 0 Å². The molecule has 0 saturated carbocycles. The molecule has 0 atom stereocenters. The zero-order chi connectivity index (χ0) is 25.1. The lowest BCUT2D eigenvalue weighted by molar-refractivity contribution is 0.102. The third kappa shape index (κ3) is 4.61. The minimum absolute atomic E-state index is 0.212. The van der Waals surface area contributed by atoms with E-state index in [1.165, 1.54) is 10.7 Å². The minimum Gasteiger partial charge on any atom is -0.492 e. The second-order valence-corrected chi connectivity index (χ2v) is 8.29. The number of para-hydroxylation sites is 2. The van der Waals surface area contributed by atoms with E-state index in [0.29, 0.717) is 36.1 Å². The number of rotatable bonds is 1. The van der Waals surface area contributed by atoms with Crippen LogP contribution in [0.3, 0.4) is 0 Å². The van der Waals surface area contributed by atoms with E-state index in [1.54, 1.807) is 30.3 Å². The number of hydrogen-bond donors (Lipinski definition) is 1. The highest BCUT2D eigenvalue weighted by atomic mass is 16.5. The van der Waals surface area contributed by atoms with Gasteiger partial charge >= 0.3 is 0 Å². The van der Waals surface area contributed by atoms with Gasteiger partial charge in [-0.3, -0.25) is 14.9 Å². The SMILES string of the molecule is C=CC1=CC(=CC)OCCn2c(nc3ccccc32)NC(=O)c2cccc(c2)Cn2nc1ccc2=O. The van der Waals surface area contributed by atoms with Crippen LogP contribution in [0.5, 0.6) is 0 Å². The number of carbonyl (C=O) groups excluding carboxylic acids is 1. The summed E-state index contributed by atoms with van der Waals surface area (Å²) in [6, 6.07) is 18.0. The van der Waals surface area contributed by atoms with Gasteiger partial charge in [-0.05, 0) is 55.0 Å². The van der Waals surface area contributed by atoms with Crippen LogP contribution >= 0.6 is 0 Å². The van der Waals surface area contributed by atoms with Crippen LogP contribution in [0.25, 0.3) is 16.6 Å². The highest BCUT2D eigenvalue weighted by molar-refractivity contribution is 6.04. The summed E-state index contributed by atoms with van der Waals surface area (Å²) in [6.45, 7) is 6.82. The van der Waals surface area contributed by atoms with Crippen molar-refractivity contribution in [1.29, 1.82) is 0 Å². The summed E-state index contributed by atoms with van der Waals surface area (Å²) in [5.74, 6) is 0.779. The van der Waals surface area contributed by atoms with Crippen LogP contribution < -0.4 is 10.9 Å². The first kappa shape index (κ1) is 23.0. The highest BCUT2D eigenvalue weighted by Crippen LogP contribution is 2.22. The summed E-state index contributed by atoms with van der Waals surface area (Å²) in [6.07, 6.45) is 5.38. The molecule has 5 rings (SSSR count). The normalized spacial score (nSPS) is 15.4. The van der Waals surface area contributed by atoms with Crippen molar-refractivity contribution in [3.05, 3.63) is 118 Å². The number of nitrogens with one attached hydrogen (secondary N) is 1. The van der Waals surface area contributed by atoms with Crippen LogP contribution in [-0.4, -0.2) is 31.8 Å². The number of ether oxygens (including phenoxy) is 1. The van der Waals surface area contributed by atoms with E-state index < -0.39 is 0 Å². The van der Waals surface area contributed by atoms with Gasteiger partial charge in [0.1, 0.15) is 12.4 Å². The van der Waals surface area contributed by atoms with Crippen LogP contribution in [0.4, 0.5) is 5.95 Å². The molecule has 1 aliphatic rings. The number of carbonyl (C=O) groups is 1. The molecule has 0 unspecified atom stereocenters. The van der Waals surface area contributed by atoms with Crippen LogP contribution in [0, 0.1) is 0 Å². The third-order valence-electron chi connectivity index (χ3n) is 5.95. The van der Waals surface area contributed by atoms with Crippen molar-refractivity contribution in [2.24, 2.45) is 0 Å². The molecule has 0 spiro atoms. The molecule has 8 nitrogen and oxygen atoms in total. The maximum absolute atomic E-state index is 13.2. The first-order valence-electron chi connectivity index (χ1n) is 11.6. The number of imidazole rings is 1. The molecule has 2 aromatic heterocycles. The summed E-state index contributed by atoms with van der Waals surface area (Å²) in [7, 11) is 0. The molecule has 1 aliphatic heterocycles. The lowest BCUT2D eigenvalue weighted by Gasteiger charge is -2.12. The summed E-state index contributed by atoms with van der Waals surface area (Å²) in [5, 5.41) is 7.48. The first-order valence-corrected chi connectivity index (χ1v) is 11.6. The van der Waals surface area contributed by atoms with Crippen molar-refractivity contribution in [1.82, 2.24) is 19.3 Å². The fourth-order valence-electron chi connectivity index (χ4n) is 4.12. The highest BCUT2D eigenvalue weighted by Gasteiger charge is 2.16. The van der Waals surface area contributed by atoms with Gasteiger partial charge in [-0.2, -0.15) is 5.10 Å². The van der Waals surface area contributed by atoms with Crippen LogP contribution in [-0.2, 0) is 17.8 Å². The lowest BCUT2D eigenvalue weighted by atomic mass is 10.1. The van der Waals surface area contributed by atoms with Gasteiger partial charge < -0.3 is 9.30 Å². The van der Waals surface area contributed by atoms with E-state index in [1.807, 2.05) is 54.0 Å². The molecule has 0 saturated heterocycles. The second-order valence-electron chi connectivity index (χ2n) is 8.29. The molecule has 1 N–H and O–H groups in total. The van der Waals surface area contributed by atoms with Crippen LogP contribution in [0.1, 0.15) is 28.5 Å². The molecule has 0 radical (unpaired) electrons. The smallest absolute Gasteiger partial charge is 0.267 e. The average molecular weight is 480 g/mol. The number of benzene rings is 2. The fraction of sp³-hybridized carbons (Fsp3) is 0.143. The topological polar surface area (TPSA) is 91.0 Å². The minimum atomic E-state index is -0.294. The summed E-state index contributed by atoms with van der Waals surface area (Å²) >= 11 is 0. The number of amides is 1. The van der Waals surface area contributed by atoms with E-state index in [2.05, 4.69) is 22.0 Å². The predicted octanol–water partition coefficient (Wildman–Crippen LogP) is 4.40. The Morgan fingerprint density at radius 3 is 2.78 bits per heavy atom. The predicted molar refractivity (Wildman–Crippen MR) is 140 cm³/mol. The number of allylic oxidation sites excluding steroid dienone is 4. The van der Waals surface area contributed by atoms with Gasteiger partial charge in [-0.1, -0.05) is 36.9 Å². The van der Waals surface area contributed by atoms with Gasteiger partial charge in [0.15, 0.2) is 0 Å². The molecule has 0 aliphatic carbocycles. The van der Waals surface area contributed by atoms with Gasteiger partial charge in [0.2, 0.25) is 5.95 Å². The first-order chi connectivity index (χ1) is 17.6. The molecule has 3 heterocycles. The van der Waals surface area contributed by atoms with Crippen molar-refractivity contribution in [2.45, 2.75) is 20.0 Å². The Labute approximate surface area is 207 Å². The molecular formula is C28H25N5O3. The van der Waals surface area contributed by atoms with Gasteiger partial charge in [0, 0.05) is 17.2 Å². The molecule has 1 amide bonds. The molecule has 8 heteroatoms.